The minimum absolute atomic E-state index is 0. The Labute approximate surface area is 154 Å². The van der Waals surface area contributed by atoms with Gasteiger partial charge in [0.1, 0.15) is 5.75 Å². The molecular weight excluding hydrogens is 351 g/mol. The van der Waals surface area contributed by atoms with Crippen LogP contribution in [0.3, 0.4) is 0 Å². The zero-order valence-electron chi connectivity index (χ0n) is 13.4. The lowest BCUT2D eigenvalue weighted by molar-refractivity contribution is -0.139. The topological polar surface area (TPSA) is 61.8 Å². The second kappa shape index (κ2) is 7.91. The molecule has 1 aromatic rings. The van der Waals surface area contributed by atoms with Crippen molar-refractivity contribution < 1.29 is 14.6 Å². The predicted molar refractivity (Wildman–Crippen MR) is 96.3 cm³/mol. The van der Waals surface area contributed by atoms with Gasteiger partial charge in [0.2, 0.25) is 0 Å². The van der Waals surface area contributed by atoms with Gasteiger partial charge in [-0.2, -0.15) is 0 Å². The van der Waals surface area contributed by atoms with Crippen LogP contribution in [0.15, 0.2) is 24.3 Å². The summed E-state index contributed by atoms with van der Waals surface area (Å²) in [5.74, 6) is 1.37. The van der Waals surface area contributed by atoms with Crippen molar-refractivity contribution in [1.82, 2.24) is 10.2 Å². The fourth-order valence-corrected chi connectivity index (χ4v) is 4.75. The van der Waals surface area contributed by atoms with Crippen LogP contribution in [0.4, 0.5) is 0 Å². The number of ether oxygens (including phenoxy) is 1. The molecule has 5 nitrogen and oxygen atoms in total. The van der Waals surface area contributed by atoms with Crippen molar-refractivity contribution in [1.29, 1.82) is 0 Å². The van der Waals surface area contributed by atoms with Crippen LogP contribution >= 0.6 is 24.8 Å². The fourth-order valence-electron chi connectivity index (χ4n) is 4.75. The van der Waals surface area contributed by atoms with E-state index in [2.05, 4.69) is 16.3 Å². The van der Waals surface area contributed by atoms with Crippen LogP contribution in [0, 0.1) is 11.8 Å². The lowest BCUT2D eigenvalue weighted by atomic mass is 9.82. The molecule has 4 atom stereocenters. The molecule has 2 N–H and O–H groups in total. The summed E-state index contributed by atoms with van der Waals surface area (Å²) in [5, 5.41) is 12.3. The lowest BCUT2D eigenvalue weighted by Crippen LogP contribution is -2.33. The molecule has 1 aromatic carbocycles. The number of rotatable bonds is 5. The van der Waals surface area contributed by atoms with E-state index in [0.717, 1.165) is 37.0 Å². The smallest absolute Gasteiger partial charge is 0.341 e. The summed E-state index contributed by atoms with van der Waals surface area (Å²) in [7, 11) is 0. The van der Waals surface area contributed by atoms with E-state index in [1.54, 1.807) is 0 Å². The summed E-state index contributed by atoms with van der Waals surface area (Å²) in [6, 6.07) is 9.19. The second-order valence-corrected chi connectivity index (χ2v) is 6.66. The van der Waals surface area contributed by atoms with Gasteiger partial charge in [-0.3, -0.25) is 4.90 Å². The van der Waals surface area contributed by atoms with Crippen molar-refractivity contribution in [2.45, 2.75) is 31.5 Å². The molecule has 3 fully saturated rings. The first-order valence-corrected chi connectivity index (χ1v) is 8.13. The van der Waals surface area contributed by atoms with Crippen molar-refractivity contribution in [2.75, 3.05) is 19.7 Å². The second-order valence-electron chi connectivity index (χ2n) is 6.66. The third-order valence-electron chi connectivity index (χ3n) is 5.59. The van der Waals surface area contributed by atoms with Gasteiger partial charge in [-0.25, -0.2) is 4.79 Å². The van der Waals surface area contributed by atoms with E-state index < -0.39 is 5.97 Å². The van der Waals surface area contributed by atoms with E-state index in [9.17, 15) is 4.79 Å². The van der Waals surface area contributed by atoms with Crippen LogP contribution in [0.1, 0.15) is 18.4 Å². The van der Waals surface area contributed by atoms with Gasteiger partial charge in [0, 0.05) is 24.2 Å². The monoisotopic (exact) mass is 374 g/mol. The van der Waals surface area contributed by atoms with Gasteiger partial charge in [-0.05, 0) is 43.8 Å². The maximum absolute atomic E-state index is 10.7. The molecular formula is C17H24Cl2N2O3. The van der Waals surface area contributed by atoms with E-state index in [4.69, 9.17) is 9.84 Å². The summed E-state index contributed by atoms with van der Waals surface area (Å²) in [4.78, 5) is 13.4. The Balaban J connectivity index is 0.00000104. The Hall–Kier alpha value is -1.01. The number of nitrogens with zero attached hydrogens (tertiary/aromatic N) is 1. The molecule has 3 saturated heterocycles. The zero-order chi connectivity index (χ0) is 15.1. The number of carboxylic acid groups (broad SMARTS) is 1. The molecule has 24 heavy (non-hydrogen) atoms. The van der Waals surface area contributed by atoms with E-state index in [1.165, 1.54) is 12.8 Å². The summed E-state index contributed by atoms with van der Waals surface area (Å²) < 4.78 is 5.46. The molecule has 0 aliphatic carbocycles. The quantitative estimate of drug-likeness (QED) is 0.826. The number of aliphatic carboxylic acids is 1. The normalized spacial score (nSPS) is 30.3. The first-order valence-electron chi connectivity index (χ1n) is 8.13. The third kappa shape index (κ3) is 3.36. The summed E-state index contributed by atoms with van der Waals surface area (Å²) in [5.41, 5.74) is 1.11. The van der Waals surface area contributed by atoms with Gasteiger partial charge in [0.25, 0.3) is 0 Å². The highest BCUT2D eigenvalue weighted by molar-refractivity contribution is 5.85. The number of halogens is 2. The Morgan fingerprint density at radius 2 is 1.79 bits per heavy atom. The van der Waals surface area contributed by atoms with Crippen molar-refractivity contribution >= 4 is 30.8 Å². The summed E-state index contributed by atoms with van der Waals surface area (Å²) in [6.07, 6.45) is 2.59. The molecule has 0 spiro atoms. The Morgan fingerprint density at radius 1 is 1.17 bits per heavy atom. The largest absolute Gasteiger partial charge is 0.482 e. The van der Waals surface area contributed by atoms with Gasteiger partial charge >= 0.3 is 5.97 Å². The Kier molecular flexibility index (Phi) is 6.37. The maximum atomic E-state index is 10.7. The van der Waals surface area contributed by atoms with Gasteiger partial charge < -0.3 is 15.2 Å². The molecule has 3 heterocycles. The molecule has 0 unspecified atom stereocenters. The fraction of sp³-hybridized carbons (Fsp3) is 0.588. The average Bonchev–Trinajstić information content (AvgIpc) is 3.18. The summed E-state index contributed by atoms with van der Waals surface area (Å²) >= 11 is 0. The molecule has 7 heteroatoms. The number of hydrogen-bond donors (Lipinski definition) is 2. The molecule has 0 radical (unpaired) electrons. The lowest BCUT2D eigenvalue weighted by Gasteiger charge is -2.25. The van der Waals surface area contributed by atoms with Crippen LogP contribution in [0.2, 0.25) is 0 Å². The van der Waals surface area contributed by atoms with Crippen LogP contribution in [0.25, 0.3) is 0 Å². The third-order valence-corrected chi connectivity index (χ3v) is 5.59. The van der Waals surface area contributed by atoms with Crippen LogP contribution < -0.4 is 10.1 Å². The molecule has 4 rings (SSSR count). The minimum atomic E-state index is -0.934. The van der Waals surface area contributed by atoms with Crippen molar-refractivity contribution in [3.63, 3.8) is 0 Å². The zero-order valence-corrected chi connectivity index (χ0v) is 15.0. The molecule has 3 aliphatic heterocycles. The molecule has 0 saturated carbocycles. The first kappa shape index (κ1) is 19.3. The number of para-hydroxylation sites is 1. The number of nitrogens with one attached hydrogen (secondary N) is 1. The minimum Gasteiger partial charge on any atom is -0.482 e. The molecule has 2 bridgehead atoms. The van der Waals surface area contributed by atoms with Gasteiger partial charge in [0.05, 0.1) is 0 Å². The van der Waals surface area contributed by atoms with Crippen LogP contribution in [-0.4, -0.2) is 47.8 Å². The Bertz CT molecular complexity index is 569. The van der Waals surface area contributed by atoms with E-state index in [1.807, 2.05) is 18.2 Å². The molecule has 3 aliphatic rings. The standard InChI is InChI=1S/C17H22N2O3.2ClH/c20-17(21)10-22-16-4-2-1-3-11(16)9-19-14-5-6-15(19)13-8-18-7-12(13)14;;/h1-4,12-15,18H,5-10H2,(H,20,21);2*1H/t12-,13+,14-,15+;;. The molecule has 134 valence electrons. The molecule has 0 aromatic heterocycles. The maximum Gasteiger partial charge on any atom is 0.341 e. The number of carboxylic acids is 1. The number of fused-ring (bicyclic) bond motifs is 5. The van der Waals surface area contributed by atoms with E-state index >= 15 is 0 Å². The van der Waals surface area contributed by atoms with E-state index in [0.29, 0.717) is 17.8 Å². The average molecular weight is 375 g/mol. The Morgan fingerprint density at radius 3 is 2.42 bits per heavy atom. The highest BCUT2D eigenvalue weighted by Crippen LogP contribution is 2.48. The van der Waals surface area contributed by atoms with Gasteiger partial charge in [-0.15, -0.1) is 24.8 Å². The van der Waals surface area contributed by atoms with Crippen molar-refractivity contribution in [3.8, 4) is 5.75 Å². The number of benzene rings is 1. The van der Waals surface area contributed by atoms with Gasteiger partial charge in [0.15, 0.2) is 6.61 Å². The van der Waals surface area contributed by atoms with Gasteiger partial charge in [-0.1, -0.05) is 18.2 Å². The van der Waals surface area contributed by atoms with Crippen molar-refractivity contribution in [2.24, 2.45) is 11.8 Å². The SMILES string of the molecule is Cl.Cl.O=C(O)COc1ccccc1CN1[C@@H]2CC[C@H]1[C@H]1CNC[C@H]12. The van der Waals surface area contributed by atoms with E-state index in [-0.39, 0.29) is 31.4 Å². The highest BCUT2D eigenvalue weighted by Gasteiger charge is 2.54. The number of hydrogen-bond acceptors (Lipinski definition) is 4. The summed E-state index contributed by atoms with van der Waals surface area (Å²) in [6.45, 7) is 2.90. The predicted octanol–water partition coefficient (Wildman–Crippen LogP) is 2.18. The molecule has 0 amide bonds. The first-order chi connectivity index (χ1) is 10.7. The van der Waals surface area contributed by atoms with Crippen molar-refractivity contribution in [3.05, 3.63) is 29.8 Å². The number of carbonyl (C=O) groups is 1. The van der Waals surface area contributed by atoms with Crippen LogP contribution in [-0.2, 0) is 11.3 Å². The van der Waals surface area contributed by atoms with Crippen LogP contribution in [0.5, 0.6) is 5.75 Å². The highest BCUT2D eigenvalue weighted by atomic mass is 35.5.